The zero-order chi connectivity index (χ0) is 32.3. The molecule has 2 aromatic heterocycles. The molecule has 0 bridgehead atoms. The van der Waals surface area contributed by atoms with Gasteiger partial charge in [-0.25, -0.2) is 9.97 Å². The van der Waals surface area contributed by atoms with E-state index in [4.69, 9.17) is 0 Å². The number of halogens is 3. The number of nitrogens with zero attached hydrogens (tertiary/aromatic N) is 5. The first-order valence-corrected chi connectivity index (χ1v) is 14.7. The number of carbonyl (C=O) groups excluding carboxylic acids is 1. The number of hydrogen-bond acceptors (Lipinski definition) is 4. The van der Waals surface area contributed by atoms with E-state index in [1.54, 1.807) is 22.8 Å². The quantitative estimate of drug-likeness (QED) is 0.291. The van der Waals surface area contributed by atoms with Gasteiger partial charge < -0.3 is 4.90 Å². The first-order chi connectivity index (χ1) is 19.7. The molecule has 1 unspecified atom stereocenters. The van der Waals surface area contributed by atoms with E-state index in [0.717, 1.165) is 17.7 Å². The monoisotopic (exact) mass is 577 g/mol. The second kappa shape index (κ2) is 20.4. The van der Waals surface area contributed by atoms with E-state index in [-0.39, 0.29) is 17.8 Å². The van der Waals surface area contributed by atoms with Crippen LogP contribution in [0.1, 0.15) is 99.0 Å². The molecule has 0 fully saturated rings. The zero-order valence-corrected chi connectivity index (χ0v) is 27.0. The minimum absolute atomic E-state index is 0.202. The van der Waals surface area contributed by atoms with Crippen molar-refractivity contribution in [3.05, 3.63) is 66.0 Å². The van der Waals surface area contributed by atoms with E-state index in [2.05, 4.69) is 21.6 Å². The zero-order valence-electron chi connectivity index (χ0n) is 27.0. The SMILES string of the molecule is C=CC(=O)N1CCc2c(-c3ccn(C)n3)nc(-c3ccc(C(F)(F)F)cc3)nc2C1C.CC.CC.CC.CC.CC. The van der Waals surface area contributed by atoms with Crippen LogP contribution < -0.4 is 0 Å². The number of amides is 1. The highest BCUT2D eigenvalue weighted by Crippen LogP contribution is 2.36. The molecular weight excluding hydrogens is 527 g/mol. The van der Waals surface area contributed by atoms with Gasteiger partial charge in [0.25, 0.3) is 0 Å². The van der Waals surface area contributed by atoms with Crippen LogP contribution >= 0.6 is 0 Å². The number of carbonyl (C=O) groups is 1. The Labute approximate surface area is 245 Å². The normalized spacial score (nSPS) is 13.0. The predicted octanol–water partition coefficient (Wildman–Crippen LogP) is 9.33. The molecule has 3 heterocycles. The summed E-state index contributed by atoms with van der Waals surface area (Å²) in [7, 11) is 1.79. The molecule has 0 aliphatic carbocycles. The first-order valence-electron chi connectivity index (χ1n) is 14.7. The molecule has 1 aliphatic heterocycles. The number of benzene rings is 1. The van der Waals surface area contributed by atoms with Crippen molar-refractivity contribution in [3.63, 3.8) is 0 Å². The minimum atomic E-state index is -4.42. The van der Waals surface area contributed by atoms with Crippen molar-refractivity contribution in [2.24, 2.45) is 7.05 Å². The highest BCUT2D eigenvalue weighted by atomic mass is 19.4. The molecule has 9 heteroatoms. The molecule has 6 nitrogen and oxygen atoms in total. The fourth-order valence-corrected chi connectivity index (χ4v) is 3.78. The number of fused-ring (bicyclic) bond motifs is 1. The Balaban J connectivity index is 0. The number of aromatic nitrogens is 4. The molecule has 3 aromatic rings. The van der Waals surface area contributed by atoms with Gasteiger partial charge in [0.2, 0.25) is 5.91 Å². The van der Waals surface area contributed by atoms with Gasteiger partial charge >= 0.3 is 6.18 Å². The number of aryl methyl sites for hydroxylation is 1. The Morgan fingerprint density at radius 1 is 0.927 bits per heavy atom. The Morgan fingerprint density at radius 2 is 1.46 bits per heavy atom. The van der Waals surface area contributed by atoms with Gasteiger partial charge in [0.1, 0.15) is 5.69 Å². The third-order valence-electron chi connectivity index (χ3n) is 5.39. The van der Waals surface area contributed by atoms with E-state index >= 15 is 0 Å². The molecule has 0 N–H and O–H groups in total. The largest absolute Gasteiger partial charge is 0.416 e. The molecule has 0 spiro atoms. The van der Waals surface area contributed by atoms with Gasteiger partial charge in [-0.05, 0) is 37.6 Å². The number of rotatable bonds is 3. The van der Waals surface area contributed by atoms with Gasteiger partial charge in [0.15, 0.2) is 5.82 Å². The summed E-state index contributed by atoms with van der Waals surface area (Å²) < 4.78 is 40.5. The predicted molar refractivity (Wildman–Crippen MR) is 165 cm³/mol. The molecule has 1 aliphatic rings. The second-order valence-electron chi connectivity index (χ2n) is 7.37. The lowest BCUT2D eigenvalue weighted by Gasteiger charge is -2.34. The minimum Gasteiger partial charge on any atom is -0.331 e. The lowest BCUT2D eigenvalue weighted by molar-refractivity contribution is -0.137. The average molecular weight is 578 g/mol. The van der Waals surface area contributed by atoms with E-state index in [1.807, 2.05) is 82.2 Å². The maximum atomic E-state index is 13.0. The first kappa shape index (κ1) is 39.7. The Hall–Kier alpha value is -3.49. The Morgan fingerprint density at radius 3 is 1.90 bits per heavy atom. The summed E-state index contributed by atoms with van der Waals surface area (Å²) >= 11 is 0. The van der Waals surface area contributed by atoms with E-state index in [9.17, 15) is 18.0 Å². The Bertz CT molecular complexity index is 1160. The fraction of sp³-hybridized carbons (Fsp3) is 0.500. The highest BCUT2D eigenvalue weighted by molar-refractivity contribution is 5.87. The van der Waals surface area contributed by atoms with Crippen LogP contribution in [0.5, 0.6) is 0 Å². The van der Waals surface area contributed by atoms with E-state index < -0.39 is 11.7 Å². The van der Waals surface area contributed by atoms with Crippen molar-refractivity contribution in [2.45, 2.75) is 94.8 Å². The molecule has 1 atom stereocenters. The third-order valence-corrected chi connectivity index (χ3v) is 5.39. The van der Waals surface area contributed by atoms with Crippen LogP contribution in [0.2, 0.25) is 0 Å². The Kier molecular flexibility index (Phi) is 19.7. The van der Waals surface area contributed by atoms with Crippen molar-refractivity contribution in [2.75, 3.05) is 6.54 Å². The molecule has 41 heavy (non-hydrogen) atoms. The molecule has 1 amide bonds. The summed E-state index contributed by atoms with van der Waals surface area (Å²) in [6.45, 7) is 25.9. The average Bonchev–Trinajstić information content (AvgIpc) is 3.47. The summed E-state index contributed by atoms with van der Waals surface area (Å²) in [5.41, 5.74) is 2.52. The molecule has 1 aromatic carbocycles. The number of alkyl halides is 3. The van der Waals surface area contributed by atoms with Crippen LogP contribution in [0.3, 0.4) is 0 Å². The molecular formula is C32H50F3N5O. The van der Waals surface area contributed by atoms with Crippen molar-refractivity contribution >= 4 is 5.91 Å². The summed E-state index contributed by atoms with van der Waals surface area (Å²) in [6, 6.07) is 6.21. The van der Waals surface area contributed by atoms with Crippen molar-refractivity contribution < 1.29 is 18.0 Å². The van der Waals surface area contributed by atoms with Gasteiger partial charge in [-0.3, -0.25) is 9.48 Å². The maximum Gasteiger partial charge on any atom is 0.416 e. The molecule has 4 rings (SSSR count). The van der Waals surface area contributed by atoms with Crippen molar-refractivity contribution in [1.82, 2.24) is 24.6 Å². The number of hydrogen-bond donors (Lipinski definition) is 0. The van der Waals surface area contributed by atoms with Crippen LogP contribution in [0.25, 0.3) is 22.8 Å². The lowest BCUT2D eigenvalue weighted by Crippen LogP contribution is -2.38. The van der Waals surface area contributed by atoms with Crippen LogP contribution in [0.4, 0.5) is 13.2 Å². The summed E-state index contributed by atoms with van der Waals surface area (Å²) in [5, 5.41) is 4.45. The topological polar surface area (TPSA) is 63.9 Å². The highest BCUT2D eigenvalue weighted by Gasteiger charge is 2.32. The third kappa shape index (κ3) is 10.4. The maximum absolute atomic E-state index is 13.0. The molecule has 0 saturated heterocycles. The fourth-order valence-electron chi connectivity index (χ4n) is 3.78. The van der Waals surface area contributed by atoms with Gasteiger partial charge in [0.05, 0.1) is 23.0 Å². The van der Waals surface area contributed by atoms with Crippen molar-refractivity contribution in [3.8, 4) is 22.8 Å². The molecule has 0 saturated carbocycles. The van der Waals surface area contributed by atoms with Crippen LogP contribution in [-0.4, -0.2) is 37.1 Å². The van der Waals surface area contributed by atoms with Crippen LogP contribution in [0.15, 0.2) is 49.2 Å². The van der Waals surface area contributed by atoms with Gasteiger partial charge in [-0.1, -0.05) is 87.9 Å². The van der Waals surface area contributed by atoms with Gasteiger partial charge in [-0.2, -0.15) is 18.3 Å². The molecule has 0 radical (unpaired) electrons. The van der Waals surface area contributed by atoms with Crippen molar-refractivity contribution in [1.29, 1.82) is 0 Å². The lowest BCUT2D eigenvalue weighted by atomic mass is 9.95. The van der Waals surface area contributed by atoms with Crippen LogP contribution in [-0.2, 0) is 24.4 Å². The van der Waals surface area contributed by atoms with E-state index in [1.165, 1.54) is 18.2 Å². The van der Waals surface area contributed by atoms with Gasteiger partial charge in [0, 0.05) is 30.9 Å². The summed E-state index contributed by atoms with van der Waals surface area (Å²) in [4.78, 5) is 23.3. The molecule has 230 valence electrons. The van der Waals surface area contributed by atoms with Gasteiger partial charge in [-0.15, -0.1) is 0 Å². The summed E-state index contributed by atoms with van der Waals surface area (Å²) in [6.07, 6.45) is -0.826. The standard InChI is InChI=1S/C22H20F3N5O.5C2H6/c1-4-18(31)30-12-9-16-19(13(30)2)26-21(27-20(16)17-10-11-29(3)28-17)14-5-7-15(8-6-14)22(23,24)25;5*1-2/h4-8,10-11,13H,1,9,12H2,2-3H3;5*1-2H3. The second-order valence-corrected chi connectivity index (χ2v) is 7.37. The summed E-state index contributed by atoms with van der Waals surface area (Å²) in [5.74, 6) is 0.0834. The smallest absolute Gasteiger partial charge is 0.331 e. The van der Waals surface area contributed by atoms with Crippen LogP contribution in [0, 0.1) is 0 Å². The van der Waals surface area contributed by atoms with E-state index in [0.29, 0.717) is 35.6 Å².